The number of nitrogens with zero attached hydrogens (tertiary/aromatic N) is 4. The number of nitrogens with one attached hydrogen (secondary N) is 1. The summed E-state index contributed by atoms with van der Waals surface area (Å²) in [5.74, 6) is 2.49. The smallest absolute Gasteiger partial charge is 0.231 e. The molecule has 2 aliphatic rings. The van der Waals surface area contributed by atoms with Crippen LogP contribution in [0, 0.1) is 0 Å². The molecule has 0 saturated heterocycles. The van der Waals surface area contributed by atoms with Crippen LogP contribution < -0.4 is 14.8 Å². The molecule has 1 aromatic carbocycles. The van der Waals surface area contributed by atoms with Crippen molar-refractivity contribution in [2.75, 3.05) is 13.3 Å². The fourth-order valence-electron chi connectivity index (χ4n) is 3.21. The average molecular weight is 396 g/mol. The van der Waals surface area contributed by atoms with E-state index in [0.717, 1.165) is 48.2 Å². The van der Waals surface area contributed by atoms with E-state index in [1.165, 1.54) is 5.69 Å². The van der Waals surface area contributed by atoms with Crippen molar-refractivity contribution in [3.63, 3.8) is 0 Å². The van der Waals surface area contributed by atoms with Gasteiger partial charge in [-0.05, 0) is 23.8 Å². The molecular formula is C17H19Cl2N5O2. The van der Waals surface area contributed by atoms with Crippen LogP contribution in [0.25, 0.3) is 11.5 Å². The van der Waals surface area contributed by atoms with E-state index in [9.17, 15) is 0 Å². The predicted octanol–water partition coefficient (Wildman–Crippen LogP) is 2.47. The van der Waals surface area contributed by atoms with Crippen LogP contribution in [0.3, 0.4) is 0 Å². The molecule has 26 heavy (non-hydrogen) atoms. The molecule has 0 fully saturated rings. The van der Waals surface area contributed by atoms with Gasteiger partial charge in [0.25, 0.3) is 0 Å². The summed E-state index contributed by atoms with van der Waals surface area (Å²) >= 11 is 0. The summed E-state index contributed by atoms with van der Waals surface area (Å²) in [6.45, 7) is 3.73. The number of benzene rings is 1. The molecule has 2 aliphatic heterocycles. The lowest BCUT2D eigenvalue weighted by atomic mass is 10.2. The molecule has 0 spiro atoms. The normalized spacial score (nSPS) is 14.3. The minimum atomic E-state index is 0. The molecule has 5 rings (SSSR count). The van der Waals surface area contributed by atoms with Crippen LogP contribution in [-0.2, 0) is 19.6 Å². The number of halogens is 2. The second-order valence-corrected chi connectivity index (χ2v) is 5.99. The Morgan fingerprint density at radius 1 is 1.12 bits per heavy atom. The largest absolute Gasteiger partial charge is 0.454 e. The van der Waals surface area contributed by atoms with Crippen molar-refractivity contribution in [2.24, 2.45) is 0 Å². The van der Waals surface area contributed by atoms with Gasteiger partial charge in [-0.1, -0.05) is 6.07 Å². The number of aromatic nitrogens is 4. The molecule has 0 bridgehead atoms. The zero-order valence-corrected chi connectivity index (χ0v) is 15.6. The van der Waals surface area contributed by atoms with Crippen LogP contribution in [0.2, 0.25) is 0 Å². The van der Waals surface area contributed by atoms with Crippen molar-refractivity contribution in [3.8, 4) is 23.0 Å². The Morgan fingerprint density at radius 2 is 2.00 bits per heavy atom. The second kappa shape index (κ2) is 7.57. The molecule has 3 aromatic rings. The van der Waals surface area contributed by atoms with Crippen molar-refractivity contribution in [1.29, 1.82) is 0 Å². The highest BCUT2D eigenvalue weighted by molar-refractivity contribution is 5.85. The van der Waals surface area contributed by atoms with E-state index in [1.807, 2.05) is 24.5 Å². The number of fused-ring (bicyclic) bond motifs is 2. The van der Waals surface area contributed by atoms with Crippen LogP contribution in [-0.4, -0.2) is 32.7 Å². The maximum absolute atomic E-state index is 5.46. The van der Waals surface area contributed by atoms with E-state index in [0.29, 0.717) is 13.3 Å². The van der Waals surface area contributed by atoms with Crippen LogP contribution in [0.1, 0.15) is 11.3 Å². The average Bonchev–Trinajstić information content (AvgIpc) is 3.33. The Morgan fingerprint density at radius 3 is 2.88 bits per heavy atom. The molecule has 0 saturated carbocycles. The first-order valence-electron chi connectivity index (χ1n) is 8.04. The third-order valence-corrected chi connectivity index (χ3v) is 4.40. The molecule has 138 valence electrons. The van der Waals surface area contributed by atoms with Crippen molar-refractivity contribution in [2.45, 2.75) is 19.6 Å². The lowest BCUT2D eigenvalue weighted by Gasteiger charge is -2.13. The molecule has 0 atom stereocenters. The van der Waals surface area contributed by atoms with E-state index in [-0.39, 0.29) is 24.8 Å². The highest BCUT2D eigenvalue weighted by Gasteiger charge is 2.17. The summed E-state index contributed by atoms with van der Waals surface area (Å²) in [7, 11) is 0. The number of rotatable bonds is 3. The molecule has 9 heteroatoms. The Bertz CT molecular complexity index is 885. The van der Waals surface area contributed by atoms with Crippen LogP contribution in [0.5, 0.6) is 11.5 Å². The van der Waals surface area contributed by atoms with Crippen LogP contribution >= 0.6 is 24.8 Å². The summed E-state index contributed by atoms with van der Waals surface area (Å²) in [5, 5.41) is 8.07. The molecule has 0 aliphatic carbocycles. The number of hydrogen-bond acceptors (Lipinski definition) is 5. The zero-order chi connectivity index (χ0) is 15.9. The monoisotopic (exact) mass is 395 g/mol. The highest BCUT2D eigenvalue weighted by atomic mass is 35.5. The predicted molar refractivity (Wildman–Crippen MR) is 101 cm³/mol. The van der Waals surface area contributed by atoms with E-state index in [1.54, 1.807) is 0 Å². The Balaban J connectivity index is 0.000000980. The lowest BCUT2D eigenvalue weighted by Crippen LogP contribution is -2.28. The fraction of sp³-hybridized carbons (Fsp3) is 0.294. The first kappa shape index (κ1) is 18.6. The summed E-state index contributed by atoms with van der Waals surface area (Å²) in [6, 6.07) is 8.15. The van der Waals surface area contributed by atoms with E-state index < -0.39 is 0 Å². The lowest BCUT2D eigenvalue weighted by molar-refractivity contribution is 0.174. The highest BCUT2D eigenvalue weighted by Crippen LogP contribution is 2.33. The van der Waals surface area contributed by atoms with Gasteiger partial charge in [-0.3, -0.25) is 4.68 Å². The minimum absolute atomic E-state index is 0. The summed E-state index contributed by atoms with van der Waals surface area (Å²) in [5.41, 5.74) is 3.26. The molecule has 2 aromatic heterocycles. The third-order valence-electron chi connectivity index (χ3n) is 4.40. The first-order chi connectivity index (χ1) is 11.9. The molecule has 0 unspecified atom stereocenters. The Kier molecular flexibility index (Phi) is 5.41. The fourth-order valence-corrected chi connectivity index (χ4v) is 3.21. The molecule has 0 radical (unpaired) electrons. The number of ether oxygens (including phenoxy) is 2. The zero-order valence-electron chi connectivity index (χ0n) is 13.9. The quantitative estimate of drug-likeness (QED) is 0.737. The van der Waals surface area contributed by atoms with Gasteiger partial charge >= 0.3 is 0 Å². The standard InChI is InChI=1S/C17H17N5O2.2ClH/c1-2-15-16(24-11-23-15)7-12(1)10-21-5-4-19-17(21)14-8-13-9-18-3-6-22(13)20-14;;/h1-2,4-5,7-8,18H,3,6,9-11H2;2*1H. The van der Waals surface area contributed by atoms with Gasteiger partial charge in [0, 0.05) is 32.0 Å². The van der Waals surface area contributed by atoms with Gasteiger partial charge < -0.3 is 19.4 Å². The number of hydrogen-bond donors (Lipinski definition) is 1. The minimum Gasteiger partial charge on any atom is -0.454 e. The molecule has 0 amide bonds. The summed E-state index contributed by atoms with van der Waals surface area (Å²) in [4.78, 5) is 4.51. The van der Waals surface area contributed by atoms with Gasteiger partial charge in [-0.25, -0.2) is 4.98 Å². The summed E-state index contributed by atoms with van der Waals surface area (Å²) in [6.07, 6.45) is 3.80. The van der Waals surface area contributed by atoms with Crippen molar-refractivity contribution < 1.29 is 9.47 Å². The van der Waals surface area contributed by atoms with Gasteiger partial charge in [-0.2, -0.15) is 5.10 Å². The van der Waals surface area contributed by atoms with Gasteiger partial charge in [-0.15, -0.1) is 24.8 Å². The molecule has 4 heterocycles. The second-order valence-electron chi connectivity index (χ2n) is 5.99. The molecular weight excluding hydrogens is 377 g/mol. The van der Waals surface area contributed by atoms with Gasteiger partial charge in [0.1, 0.15) is 5.69 Å². The first-order valence-corrected chi connectivity index (χ1v) is 8.04. The van der Waals surface area contributed by atoms with Crippen molar-refractivity contribution in [1.82, 2.24) is 24.6 Å². The molecule has 1 N–H and O–H groups in total. The third kappa shape index (κ3) is 3.25. The maximum atomic E-state index is 5.46. The van der Waals surface area contributed by atoms with Gasteiger partial charge in [0.2, 0.25) is 6.79 Å². The topological polar surface area (TPSA) is 66.1 Å². The Hall–Kier alpha value is -2.22. The van der Waals surface area contributed by atoms with E-state index in [2.05, 4.69) is 31.7 Å². The van der Waals surface area contributed by atoms with Gasteiger partial charge in [0.05, 0.1) is 12.2 Å². The molecule has 7 nitrogen and oxygen atoms in total. The van der Waals surface area contributed by atoms with Crippen LogP contribution in [0.4, 0.5) is 0 Å². The van der Waals surface area contributed by atoms with Crippen LogP contribution in [0.15, 0.2) is 36.7 Å². The summed E-state index contributed by atoms with van der Waals surface area (Å²) < 4.78 is 15.0. The number of imidazole rings is 1. The SMILES string of the molecule is Cl.Cl.c1cn(Cc2ccc3c(c2)OCO3)c(-c2cc3n(n2)CCNC3)n1. The van der Waals surface area contributed by atoms with E-state index >= 15 is 0 Å². The Labute approximate surface area is 163 Å². The van der Waals surface area contributed by atoms with E-state index in [4.69, 9.17) is 14.6 Å². The van der Waals surface area contributed by atoms with Crippen molar-refractivity contribution in [3.05, 3.63) is 47.9 Å². The van der Waals surface area contributed by atoms with Gasteiger partial charge in [0.15, 0.2) is 17.3 Å². The maximum Gasteiger partial charge on any atom is 0.231 e. The van der Waals surface area contributed by atoms with Crippen molar-refractivity contribution >= 4 is 24.8 Å².